The summed E-state index contributed by atoms with van der Waals surface area (Å²) < 4.78 is 5.52. The first kappa shape index (κ1) is 15.5. The number of nitrogens with zero attached hydrogens (tertiary/aromatic N) is 3. The Kier molecular flexibility index (Phi) is 5.50. The third kappa shape index (κ3) is 4.07. The first-order chi connectivity index (χ1) is 10.7. The van der Waals surface area contributed by atoms with E-state index in [1.54, 1.807) is 36.4 Å². The maximum atomic E-state index is 12.3. The highest BCUT2D eigenvalue weighted by Crippen LogP contribution is 2.23. The molecular weight excluding hydrogens is 280 g/mol. The SMILES string of the molecule is N#CC(C#N)=NNc1ccccc1C(=O)OC1CCCCC1. The van der Waals surface area contributed by atoms with Gasteiger partial charge in [0.1, 0.15) is 18.2 Å². The van der Waals surface area contributed by atoms with Crippen molar-refractivity contribution in [3.05, 3.63) is 29.8 Å². The van der Waals surface area contributed by atoms with Crippen molar-refractivity contribution >= 4 is 17.4 Å². The second kappa shape index (κ2) is 7.80. The van der Waals surface area contributed by atoms with Crippen LogP contribution in [0.2, 0.25) is 0 Å². The predicted molar refractivity (Wildman–Crippen MR) is 81.0 cm³/mol. The van der Waals surface area contributed by atoms with Crippen molar-refractivity contribution in [2.24, 2.45) is 5.10 Å². The molecule has 0 radical (unpaired) electrons. The minimum absolute atomic E-state index is 0.0356. The monoisotopic (exact) mass is 296 g/mol. The van der Waals surface area contributed by atoms with E-state index in [1.807, 2.05) is 0 Å². The zero-order valence-corrected chi connectivity index (χ0v) is 12.1. The summed E-state index contributed by atoms with van der Waals surface area (Å²) in [5, 5.41) is 21.0. The van der Waals surface area contributed by atoms with Gasteiger partial charge in [0.25, 0.3) is 0 Å². The van der Waals surface area contributed by atoms with E-state index >= 15 is 0 Å². The Bertz CT molecular complexity index is 633. The molecule has 0 unspecified atom stereocenters. The van der Waals surface area contributed by atoms with E-state index in [-0.39, 0.29) is 11.8 Å². The summed E-state index contributed by atoms with van der Waals surface area (Å²) in [7, 11) is 0. The molecule has 112 valence electrons. The lowest BCUT2D eigenvalue weighted by Crippen LogP contribution is -2.21. The Morgan fingerprint density at radius 3 is 2.55 bits per heavy atom. The average molecular weight is 296 g/mol. The number of benzene rings is 1. The third-order valence-electron chi connectivity index (χ3n) is 3.47. The number of carbonyl (C=O) groups is 1. The molecule has 1 aliphatic rings. The van der Waals surface area contributed by atoms with Crippen LogP contribution in [0.5, 0.6) is 0 Å². The number of para-hydroxylation sites is 1. The second-order valence-corrected chi connectivity index (χ2v) is 5.01. The molecule has 6 nitrogen and oxygen atoms in total. The molecule has 0 bridgehead atoms. The van der Waals surface area contributed by atoms with Crippen LogP contribution >= 0.6 is 0 Å². The van der Waals surface area contributed by atoms with Crippen LogP contribution in [0.4, 0.5) is 5.69 Å². The van der Waals surface area contributed by atoms with Crippen LogP contribution in [0.3, 0.4) is 0 Å². The largest absolute Gasteiger partial charge is 0.459 e. The fourth-order valence-corrected chi connectivity index (χ4v) is 2.35. The zero-order chi connectivity index (χ0) is 15.8. The summed E-state index contributed by atoms with van der Waals surface area (Å²) >= 11 is 0. The number of hydrazone groups is 1. The maximum Gasteiger partial charge on any atom is 0.340 e. The molecule has 1 saturated carbocycles. The maximum absolute atomic E-state index is 12.3. The Labute approximate surface area is 129 Å². The number of rotatable bonds is 4. The number of anilines is 1. The molecule has 0 aromatic heterocycles. The van der Waals surface area contributed by atoms with E-state index in [0.29, 0.717) is 11.3 Å². The highest BCUT2D eigenvalue weighted by atomic mass is 16.5. The minimum atomic E-state index is -0.416. The molecule has 0 aliphatic heterocycles. The van der Waals surface area contributed by atoms with E-state index in [1.165, 1.54) is 6.42 Å². The lowest BCUT2D eigenvalue weighted by Gasteiger charge is -2.22. The number of esters is 1. The van der Waals surface area contributed by atoms with Gasteiger partial charge in [-0.05, 0) is 37.8 Å². The number of hydrogen-bond acceptors (Lipinski definition) is 6. The molecule has 1 aromatic rings. The lowest BCUT2D eigenvalue weighted by molar-refractivity contribution is 0.0212. The fourth-order valence-electron chi connectivity index (χ4n) is 2.35. The van der Waals surface area contributed by atoms with Crippen LogP contribution in [0.1, 0.15) is 42.5 Å². The highest BCUT2D eigenvalue weighted by molar-refractivity contribution is 6.10. The van der Waals surface area contributed by atoms with E-state index in [0.717, 1.165) is 25.7 Å². The molecule has 0 heterocycles. The highest BCUT2D eigenvalue weighted by Gasteiger charge is 2.20. The first-order valence-corrected chi connectivity index (χ1v) is 7.18. The molecule has 6 heteroatoms. The summed E-state index contributed by atoms with van der Waals surface area (Å²) in [5.74, 6) is -0.416. The van der Waals surface area contributed by atoms with Crippen molar-refractivity contribution in [3.8, 4) is 12.1 Å². The smallest absolute Gasteiger partial charge is 0.340 e. The van der Waals surface area contributed by atoms with Gasteiger partial charge >= 0.3 is 5.97 Å². The Balaban J connectivity index is 2.10. The van der Waals surface area contributed by atoms with E-state index in [2.05, 4.69) is 10.5 Å². The summed E-state index contributed by atoms with van der Waals surface area (Å²) in [6.07, 6.45) is 5.10. The van der Waals surface area contributed by atoms with Crippen LogP contribution in [-0.4, -0.2) is 17.8 Å². The Hall–Kier alpha value is -2.86. The van der Waals surface area contributed by atoms with Crippen molar-refractivity contribution in [1.29, 1.82) is 10.5 Å². The van der Waals surface area contributed by atoms with Crippen LogP contribution in [0.15, 0.2) is 29.4 Å². The standard InChI is InChI=1S/C16H16N4O2/c17-10-12(11-18)19-20-15-9-5-4-8-14(15)16(21)22-13-6-2-1-3-7-13/h4-5,8-9,13,20H,1-3,6-7H2. The van der Waals surface area contributed by atoms with Crippen molar-refractivity contribution in [1.82, 2.24) is 0 Å². The van der Waals surface area contributed by atoms with E-state index in [9.17, 15) is 4.79 Å². The summed E-state index contributed by atoms with van der Waals surface area (Å²) in [5.41, 5.74) is 3.01. The van der Waals surface area contributed by atoms with Gasteiger partial charge in [-0.2, -0.15) is 15.6 Å². The van der Waals surface area contributed by atoms with Gasteiger partial charge in [-0.3, -0.25) is 5.43 Å². The minimum Gasteiger partial charge on any atom is -0.459 e. The Morgan fingerprint density at radius 1 is 1.18 bits per heavy atom. The first-order valence-electron chi connectivity index (χ1n) is 7.18. The Morgan fingerprint density at radius 2 is 1.86 bits per heavy atom. The third-order valence-corrected chi connectivity index (χ3v) is 3.47. The molecule has 0 spiro atoms. The quantitative estimate of drug-likeness (QED) is 0.523. The number of ether oxygens (including phenoxy) is 1. The van der Waals surface area contributed by atoms with E-state index < -0.39 is 5.97 Å². The molecular formula is C16H16N4O2. The van der Waals surface area contributed by atoms with Crippen molar-refractivity contribution in [2.75, 3.05) is 5.43 Å². The normalized spacial score (nSPS) is 14.3. The van der Waals surface area contributed by atoms with Crippen LogP contribution in [0, 0.1) is 22.7 Å². The van der Waals surface area contributed by atoms with Gasteiger partial charge < -0.3 is 4.74 Å². The van der Waals surface area contributed by atoms with Gasteiger partial charge in [0.2, 0.25) is 5.71 Å². The van der Waals surface area contributed by atoms with Crippen molar-refractivity contribution < 1.29 is 9.53 Å². The van der Waals surface area contributed by atoms with Crippen LogP contribution in [-0.2, 0) is 4.74 Å². The number of nitriles is 2. The molecule has 0 amide bonds. The molecule has 0 atom stereocenters. The fraction of sp³-hybridized carbons (Fsp3) is 0.375. The zero-order valence-electron chi connectivity index (χ0n) is 12.1. The molecule has 1 N–H and O–H groups in total. The van der Waals surface area contributed by atoms with Gasteiger partial charge in [0, 0.05) is 0 Å². The summed E-state index contributed by atoms with van der Waals surface area (Å²) in [4.78, 5) is 12.3. The second-order valence-electron chi connectivity index (χ2n) is 5.01. The van der Waals surface area contributed by atoms with Gasteiger partial charge in [-0.25, -0.2) is 4.79 Å². The van der Waals surface area contributed by atoms with Gasteiger partial charge in [0.15, 0.2) is 0 Å². The van der Waals surface area contributed by atoms with E-state index in [4.69, 9.17) is 15.3 Å². The topological polar surface area (TPSA) is 98.3 Å². The van der Waals surface area contributed by atoms with Crippen LogP contribution in [0.25, 0.3) is 0 Å². The molecule has 22 heavy (non-hydrogen) atoms. The molecule has 0 saturated heterocycles. The number of nitrogens with one attached hydrogen (secondary N) is 1. The number of carbonyl (C=O) groups excluding carboxylic acids is 1. The molecule has 1 aromatic carbocycles. The van der Waals surface area contributed by atoms with Gasteiger partial charge in [-0.1, -0.05) is 18.6 Å². The van der Waals surface area contributed by atoms with Gasteiger partial charge in [-0.15, -0.1) is 0 Å². The summed E-state index contributed by atoms with van der Waals surface area (Å²) in [6, 6.07) is 10.0. The average Bonchev–Trinajstić information content (AvgIpc) is 2.57. The lowest BCUT2D eigenvalue weighted by atomic mass is 9.98. The van der Waals surface area contributed by atoms with Gasteiger partial charge in [0.05, 0.1) is 11.3 Å². The predicted octanol–water partition coefficient (Wildman–Crippen LogP) is 2.99. The van der Waals surface area contributed by atoms with Crippen molar-refractivity contribution in [3.63, 3.8) is 0 Å². The molecule has 1 aliphatic carbocycles. The molecule has 1 fully saturated rings. The molecule has 2 rings (SSSR count). The van der Waals surface area contributed by atoms with Crippen molar-refractivity contribution in [2.45, 2.75) is 38.2 Å². The number of hydrogen-bond donors (Lipinski definition) is 1. The van der Waals surface area contributed by atoms with Crippen LogP contribution < -0.4 is 5.43 Å². The summed E-state index contributed by atoms with van der Waals surface area (Å²) in [6.45, 7) is 0.